The third kappa shape index (κ3) is 5.60. The largest absolute Gasteiger partial charge is 0.379 e. The lowest BCUT2D eigenvalue weighted by atomic mass is 9.95. The highest BCUT2D eigenvalue weighted by atomic mass is 32.1. The molecule has 35 heavy (non-hydrogen) atoms. The fourth-order valence-electron chi connectivity index (χ4n) is 5.19. The van der Waals surface area contributed by atoms with Gasteiger partial charge in [0.15, 0.2) is 0 Å². The molecule has 186 valence electrons. The van der Waals surface area contributed by atoms with Crippen LogP contribution in [0.1, 0.15) is 47.5 Å². The van der Waals surface area contributed by atoms with Crippen molar-refractivity contribution in [3.8, 4) is 11.3 Å². The number of rotatable bonds is 8. The number of amides is 1. The topological polar surface area (TPSA) is 68.5 Å². The molecule has 0 spiro atoms. The van der Waals surface area contributed by atoms with Gasteiger partial charge in [-0.2, -0.15) is 0 Å². The van der Waals surface area contributed by atoms with Crippen LogP contribution in [0.5, 0.6) is 0 Å². The van der Waals surface area contributed by atoms with Gasteiger partial charge in [0.25, 0.3) is 5.91 Å². The molecule has 3 heterocycles. The Morgan fingerprint density at radius 1 is 0.971 bits per heavy atom. The first kappa shape index (κ1) is 24.0. The zero-order valence-corrected chi connectivity index (χ0v) is 21.0. The summed E-state index contributed by atoms with van der Waals surface area (Å²) in [7, 11) is 0. The van der Waals surface area contributed by atoms with Crippen molar-refractivity contribution in [3.63, 3.8) is 0 Å². The quantitative estimate of drug-likeness (QED) is 0.517. The van der Waals surface area contributed by atoms with Crippen molar-refractivity contribution in [1.82, 2.24) is 19.4 Å². The van der Waals surface area contributed by atoms with Gasteiger partial charge >= 0.3 is 5.69 Å². The second-order valence-electron chi connectivity index (χ2n) is 9.43. The first-order valence-electron chi connectivity index (χ1n) is 12.7. The molecule has 1 aromatic carbocycles. The summed E-state index contributed by atoms with van der Waals surface area (Å²) in [5.41, 5.74) is 1.95. The summed E-state index contributed by atoms with van der Waals surface area (Å²) in [5, 5.41) is 5.30. The van der Waals surface area contributed by atoms with Crippen molar-refractivity contribution >= 4 is 17.2 Å². The number of carbonyl (C=O) groups excluding carboxylic acids is 1. The number of nitrogens with one attached hydrogen (secondary N) is 1. The standard InChI is InChI=1S/C27H34N4O3S/c32-26(28-22-10-5-2-6-11-22)25-24(21-8-3-1-4-9-21)31(20-23-12-7-19-35-23)27(33)30(25)14-13-29-15-17-34-18-16-29/h1,3-4,7-9,12,19,22H,2,5-6,10-11,13-18,20H2,(H,28,32). The van der Waals surface area contributed by atoms with Crippen molar-refractivity contribution in [2.24, 2.45) is 0 Å². The molecule has 7 nitrogen and oxygen atoms in total. The maximum atomic E-state index is 13.9. The summed E-state index contributed by atoms with van der Waals surface area (Å²) in [6.07, 6.45) is 5.50. The first-order chi connectivity index (χ1) is 17.2. The Kier molecular flexibility index (Phi) is 7.81. The minimum Gasteiger partial charge on any atom is -0.379 e. The second kappa shape index (κ2) is 11.4. The van der Waals surface area contributed by atoms with Crippen LogP contribution in [0.3, 0.4) is 0 Å². The molecule has 1 aliphatic carbocycles. The molecule has 1 N–H and O–H groups in total. The first-order valence-corrected chi connectivity index (χ1v) is 13.6. The third-order valence-electron chi connectivity index (χ3n) is 7.07. The Labute approximate surface area is 210 Å². The lowest BCUT2D eigenvalue weighted by Gasteiger charge is -2.27. The van der Waals surface area contributed by atoms with Crippen molar-refractivity contribution in [3.05, 3.63) is 68.9 Å². The number of ether oxygens (including phenoxy) is 1. The van der Waals surface area contributed by atoms with Crippen molar-refractivity contribution in [2.45, 2.75) is 51.2 Å². The number of morpholine rings is 1. The zero-order chi connectivity index (χ0) is 24.0. The molecule has 5 rings (SSSR count). The predicted octanol–water partition coefficient (Wildman–Crippen LogP) is 3.82. The Balaban J connectivity index is 1.56. The van der Waals surface area contributed by atoms with E-state index in [1.165, 1.54) is 6.42 Å². The third-order valence-corrected chi connectivity index (χ3v) is 7.93. The highest BCUT2D eigenvalue weighted by Crippen LogP contribution is 2.26. The Hall–Kier alpha value is -2.68. The van der Waals surface area contributed by atoms with Crippen LogP contribution in [0.4, 0.5) is 0 Å². The van der Waals surface area contributed by atoms with E-state index in [9.17, 15) is 9.59 Å². The summed E-state index contributed by atoms with van der Waals surface area (Å²) in [4.78, 5) is 31.1. The van der Waals surface area contributed by atoms with E-state index in [0.717, 1.165) is 49.2 Å². The number of aromatic nitrogens is 2. The number of hydrogen-bond donors (Lipinski definition) is 1. The highest BCUT2D eigenvalue weighted by Gasteiger charge is 2.28. The molecule has 1 saturated carbocycles. The molecule has 0 unspecified atom stereocenters. The van der Waals surface area contributed by atoms with Gasteiger partial charge < -0.3 is 10.1 Å². The molecule has 2 aromatic heterocycles. The van der Waals surface area contributed by atoms with E-state index in [1.807, 2.05) is 47.8 Å². The molecule has 2 fully saturated rings. The summed E-state index contributed by atoms with van der Waals surface area (Å²) in [6, 6.07) is 14.1. The smallest absolute Gasteiger partial charge is 0.329 e. The van der Waals surface area contributed by atoms with Gasteiger partial charge in [-0.1, -0.05) is 55.7 Å². The van der Waals surface area contributed by atoms with Crippen LogP contribution in [0.25, 0.3) is 11.3 Å². The summed E-state index contributed by atoms with van der Waals surface area (Å²) in [5.74, 6) is -0.139. The molecule has 1 amide bonds. The number of nitrogens with zero attached hydrogens (tertiary/aromatic N) is 3. The van der Waals surface area contributed by atoms with Gasteiger partial charge in [-0.05, 0) is 24.3 Å². The van der Waals surface area contributed by atoms with E-state index >= 15 is 0 Å². The molecular formula is C27H34N4O3S. The van der Waals surface area contributed by atoms with Gasteiger partial charge in [0, 0.05) is 42.7 Å². The van der Waals surface area contributed by atoms with E-state index in [2.05, 4.69) is 10.2 Å². The molecule has 3 aromatic rings. The average molecular weight is 495 g/mol. The Morgan fingerprint density at radius 2 is 1.74 bits per heavy atom. The van der Waals surface area contributed by atoms with Crippen molar-refractivity contribution < 1.29 is 9.53 Å². The normalized spacial score (nSPS) is 17.5. The monoisotopic (exact) mass is 494 g/mol. The molecular weight excluding hydrogens is 460 g/mol. The maximum absolute atomic E-state index is 13.9. The number of carbonyl (C=O) groups is 1. The maximum Gasteiger partial charge on any atom is 0.329 e. The SMILES string of the molecule is O=C(NC1CCCCC1)c1c(-c2ccccc2)n(Cc2cccs2)c(=O)n1CCN1CCOCC1. The van der Waals surface area contributed by atoms with Crippen LogP contribution >= 0.6 is 11.3 Å². The predicted molar refractivity (Wildman–Crippen MR) is 139 cm³/mol. The Morgan fingerprint density at radius 3 is 2.46 bits per heavy atom. The summed E-state index contributed by atoms with van der Waals surface area (Å²) < 4.78 is 8.98. The second-order valence-corrected chi connectivity index (χ2v) is 10.5. The van der Waals surface area contributed by atoms with Gasteiger partial charge in [0.05, 0.1) is 25.5 Å². The van der Waals surface area contributed by atoms with Crippen LogP contribution in [0, 0.1) is 0 Å². The lowest BCUT2D eigenvalue weighted by molar-refractivity contribution is 0.0361. The highest BCUT2D eigenvalue weighted by molar-refractivity contribution is 7.09. The fourth-order valence-corrected chi connectivity index (χ4v) is 5.88. The van der Waals surface area contributed by atoms with Gasteiger partial charge in [0.2, 0.25) is 0 Å². The van der Waals surface area contributed by atoms with Crippen molar-refractivity contribution in [1.29, 1.82) is 0 Å². The number of benzene rings is 1. The van der Waals surface area contributed by atoms with Crippen LogP contribution in [-0.4, -0.2) is 58.8 Å². The van der Waals surface area contributed by atoms with Gasteiger partial charge in [-0.15, -0.1) is 11.3 Å². The Bertz CT molecular complexity index is 1160. The fraction of sp³-hybridized carbons (Fsp3) is 0.481. The van der Waals surface area contributed by atoms with Crippen LogP contribution < -0.4 is 11.0 Å². The average Bonchev–Trinajstić information content (AvgIpc) is 3.51. The van der Waals surface area contributed by atoms with Gasteiger partial charge in [0.1, 0.15) is 5.69 Å². The number of thiophene rings is 1. The summed E-state index contributed by atoms with van der Waals surface area (Å²) >= 11 is 1.63. The molecule has 0 bridgehead atoms. The van der Waals surface area contributed by atoms with E-state index in [1.54, 1.807) is 20.5 Å². The molecule has 2 aliphatic rings. The summed E-state index contributed by atoms with van der Waals surface area (Å²) in [6.45, 7) is 4.75. The molecule has 8 heteroatoms. The van der Waals surface area contributed by atoms with Crippen LogP contribution in [0.2, 0.25) is 0 Å². The molecule has 1 aliphatic heterocycles. The van der Waals surface area contributed by atoms with Gasteiger partial charge in [-0.3, -0.25) is 18.8 Å². The van der Waals surface area contributed by atoms with E-state index < -0.39 is 0 Å². The van der Waals surface area contributed by atoms with Crippen LogP contribution in [0.15, 0.2) is 52.6 Å². The number of imidazole rings is 1. The van der Waals surface area contributed by atoms with E-state index in [4.69, 9.17) is 4.74 Å². The number of hydrogen-bond acceptors (Lipinski definition) is 5. The minimum atomic E-state index is -0.139. The van der Waals surface area contributed by atoms with Gasteiger partial charge in [-0.25, -0.2) is 4.79 Å². The van der Waals surface area contributed by atoms with E-state index in [-0.39, 0.29) is 17.6 Å². The molecule has 0 atom stereocenters. The van der Waals surface area contributed by atoms with Crippen molar-refractivity contribution in [2.75, 3.05) is 32.8 Å². The lowest BCUT2D eigenvalue weighted by Crippen LogP contribution is -2.41. The molecule has 1 saturated heterocycles. The minimum absolute atomic E-state index is 0.126. The molecule has 0 radical (unpaired) electrons. The van der Waals surface area contributed by atoms with E-state index in [0.29, 0.717) is 44.2 Å². The zero-order valence-electron chi connectivity index (χ0n) is 20.2. The van der Waals surface area contributed by atoms with Crippen LogP contribution in [-0.2, 0) is 17.8 Å².